The number of ether oxygens (including phenoxy) is 1. The van der Waals surface area contributed by atoms with E-state index in [1.165, 1.54) is 0 Å². The molecule has 0 bridgehead atoms. The van der Waals surface area contributed by atoms with Gasteiger partial charge < -0.3 is 10.1 Å². The van der Waals surface area contributed by atoms with Crippen LogP contribution in [-0.4, -0.2) is 29.5 Å². The first-order valence-electron chi connectivity index (χ1n) is 4.93. The van der Waals surface area contributed by atoms with Crippen LogP contribution in [0.1, 0.15) is 13.8 Å². The average molecular weight is 197 g/mol. The van der Waals surface area contributed by atoms with Crippen LogP contribution in [0.5, 0.6) is 5.75 Å². The van der Waals surface area contributed by atoms with Crippen LogP contribution in [0, 0.1) is 5.92 Å². The van der Waals surface area contributed by atoms with E-state index < -0.39 is 0 Å². The van der Waals surface area contributed by atoms with Crippen molar-refractivity contribution >= 4 is 0 Å². The quantitative estimate of drug-likeness (QED) is 0.766. The van der Waals surface area contributed by atoms with Gasteiger partial charge in [-0.15, -0.1) is 0 Å². The fourth-order valence-corrected chi connectivity index (χ4v) is 1.25. The zero-order valence-corrected chi connectivity index (χ0v) is 9.32. The Bertz CT molecular complexity index is 270. The third-order valence-corrected chi connectivity index (χ3v) is 2.12. The highest BCUT2D eigenvalue weighted by molar-refractivity contribution is 5.12. The lowest BCUT2D eigenvalue weighted by Crippen LogP contribution is -2.33. The number of likely N-dealkylation sites (N-methyl/N-ethyl adjacent to an activating group) is 1. The van der Waals surface area contributed by atoms with Crippen LogP contribution in [0.4, 0.5) is 0 Å². The van der Waals surface area contributed by atoms with Crippen molar-refractivity contribution in [3.63, 3.8) is 0 Å². The van der Waals surface area contributed by atoms with Crippen molar-refractivity contribution in [3.05, 3.63) is 12.4 Å². The highest BCUT2D eigenvalue weighted by Crippen LogP contribution is 2.13. The van der Waals surface area contributed by atoms with E-state index in [-0.39, 0.29) is 6.10 Å². The highest BCUT2D eigenvalue weighted by atomic mass is 16.5. The summed E-state index contributed by atoms with van der Waals surface area (Å²) < 4.78 is 7.53. The van der Waals surface area contributed by atoms with Crippen LogP contribution in [0.2, 0.25) is 0 Å². The molecule has 1 heterocycles. The molecule has 1 atom stereocenters. The summed E-state index contributed by atoms with van der Waals surface area (Å²) in [5.41, 5.74) is 0. The van der Waals surface area contributed by atoms with E-state index in [1.54, 1.807) is 10.9 Å². The molecule has 0 saturated carbocycles. The minimum atomic E-state index is 0.198. The molecule has 0 fully saturated rings. The molecule has 0 amide bonds. The molecule has 80 valence electrons. The van der Waals surface area contributed by atoms with E-state index >= 15 is 0 Å². The SMILES string of the molecule is CNCC(Oc1cnn(C)c1)C(C)C. The largest absolute Gasteiger partial charge is 0.486 e. The Morgan fingerprint density at radius 1 is 1.57 bits per heavy atom. The lowest BCUT2D eigenvalue weighted by atomic mass is 10.1. The maximum absolute atomic E-state index is 5.79. The Kier molecular flexibility index (Phi) is 3.95. The predicted molar refractivity (Wildman–Crippen MR) is 56.4 cm³/mol. The van der Waals surface area contributed by atoms with E-state index in [9.17, 15) is 0 Å². The normalized spacial score (nSPS) is 13.2. The molecule has 0 spiro atoms. The zero-order valence-electron chi connectivity index (χ0n) is 9.32. The minimum absolute atomic E-state index is 0.198. The van der Waals surface area contributed by atoms with Crippen LogP contribution in [-0.2, 0) is 7.05 Å². The molecule has 1 aromatic heterocycles. The number of rotatable bonds is 5. The molecule has 0 saturated heterocycles. The fourth-order valence-electron chi connectivity index (χ4n) is 1.25. The van der Waals surface area contributed by atoms with Crippen molar-refractivity contribution in [2.45, 2.75) is 20.0 Å². The van der Waals surface area contributed by atoms with Gasteiger partial charge in [-0.3, -0.25) is 4.68 Å². The van der Waals surface area contributed by atoms with Gasteiger partial charge in [0, 0.05) is 13.6 Å². The van der Waals surface area contributed by atoms with Crippen molar-refractivity contribution in [2.24, 2.45) is 13.0 Å². The maximum Gasteiger partial charge on any atom is 0.157 e. The van der Waals surface area contributed by atoms with Crippen molar-refractivity contribution in [1.29, 1.82) is 0 Å². The molecule has 14 heavy (non-hydrogen) atoms. The van der Waals surface area contributed by atoms with Gasteiger partial charge >= 0.3 is 0 Å². The molecule has 0 aromatic carbocycles. The second-order valence-corrected chi connectivity index (χ2v) is 3.81. The molecular weight excluding hydrogens is 178 g/mol. The van der Waals surface area contributed by atoms with Gasteiger partial charge in [0.1, 0.15) is 6.10 Å². The molecule has 0 aliphatic rings. The van der Waals surface area contributed by atoms with Gasteiger partial charge in [-0.25, -0.2) is 0 Å². The number of aryl methyl sites for hydroxylation is 1. The van der Waals surface area contributed by atoms with Gasteiger partial charge in [0.2, 0.25) is 0 Å². The second-order valence-electron chi connectivity index (χ2n) is 3.81. The van der Waals surface area contributed by atoms with Gasteiger partial charge in [-0.1, -0.05) is 13.8 Å². The Labute approximate surface area is 85.3 Å². The summed E-state index contributed by atoms with van der Waals surface area (Å²) in [6.07, 6.45) is 3.82. The molecule has 0 radical (unpaired) electrons. The van der Waals surface area contributed by atoms with E-state index in [0.717, 1.165) is 12.3 Å². The molecule has 1 unspecified atom stereocenters. The van der Waals surface area contributed by atoms with Crippen molar-refractivity contribution in [2.75, 3.05) is 13.6 Å². The molecular formula is C10H19N3O. The summed E-state index contributed by atoms with van der Waals surface area (Å²) in [4.78, 5) is 0. The molecule has 0 aliphatic carbocycles. The van der Waals surface area contributed by atoms with E-state index in [0.29, 0.717) is 5.92 Å². The Morgan fingerprint density at radius 2 is 2.29 bits per heavy atom. The van der Waals surface area contributed by atoms with Crippen LogP contribution in [0.15, 0.2) is 12.4 Å². The first-order chi connectivity index (χ1) is 6.63. The first kappa shape index (κ1) is 11.0. The number of hydrogen-bond donors (Lipinski definition) is 1. The van der Waals surface area contributed by atoms with Gasteiger partial charge in [0.25, 0.3) is 0 Å². The summed E-state index contributed by atoms with van der Waals surface area (Å²) in [5.74, 6) is 1.32. The third kappa shape index (κ3) is 3.03. The van der Waals surface area contributed by atoms with Gasteiger partial charge in [-0.2, -0.15) is 5.10 Å². The zero-order chi connectivity index (χ0) is 10.6. The second kappa shape index (κ2) is 5.00. The topological polar surface area (TPSA) is 39.1 Å². The Balaban J connectivity index is 2.55. The number of hydrogen-bond acceptors (Lipinski definition) is 3. The molecule has 4 heteroatoms. The van der Waals surface area contributed by atoms with E-state index in [4.69, 9.17) is 4.74 Å². The van der Waals surface area contributed by atoms with Gasteiger partial charge in [-0.05, 0) is 13.0 Å². The summed E-state index contributed by atoms with van der Waals surface area (Å²) >= 11 is 0. The van der Waals surface area contributed by atoms with E-state index in [1.807, 2.05) is 20.3 Å². The minimum Gasteiger partial charge on any atom is -0.486 e. The van der Waals surface area contributed by atoms with Crippen molar-refractivity contribution in [1.82, 2.24) is 15.1 Å². The summed E-state index contributed by atoms with van der Waals surface area (Å²) in [5, 5.41) is 7.18. The molecule has 1 rings (SSSR count). The van der Waals surface area contributed by atoms with Crippen LogP contribution in [0.3, 0.4) is 0 Å². The summed E-state index contributed by atoms with van der Waals surface area (Å²) in [7, 11) is 3.82. The van der Waals surface area contributed by atoms with Crippen molar-refractivity contribution in [3.8, 4) is 5.75 Å². The lowest BCUT2D eigenvalue weighted by Gasteiger charge is -2.21. The van der Waals surface area contributed by atoms with Crippen molar-refractivity contribution < 1.29 is 4.74 Å². The third-order valence-electron chi connectivity index (χ3n) is 2.12. The lowest BCUT2D eigenvalue weighted by molar-refractivity contribution is 0.151. The Hall–Kier alpha value is -1.03. The molecule has 1 aromatic rings. The highest BCUT2D eigenvalue weighted by Gasteiger charge is 2.14. The number of nitrogens with one attached hydrogen (secondary N) is 1. The maximum atomic E-state index is 5.79. The summed E-state index contributed by atoms with van der Waals surface area (Å²) in [6, 6.07) is 0. The molecule has 0 aliphatic heterocycles. The van der Waals surface area contributed by atoms with Crippen LogP contribution >= 0.6 is 0 Å². The van der Waals surface area contributed by atoms with Gasteiger partial charge in [0.15, 0.2) is 5.75 Å². The number of aromatic nitrogens is 2. The monoisotopic (exact) mass is 197 g/mol. The first-order valence-corrected chi connectivity index (χ1v) is 4.93. The predicted octanol–water partition coefficient (Wildman–Crippen LogP) is 1.04. The van der Waals surface area contributed by atoms with E-state index in [2.05, 4.69) is 24.3 Å². The van der Waals surface area contributed by atoms with Crippen LogP contribution < -0.4 is 10.1 Å². The van der Waals surface area contributed by atoms with Crippen LogP contribution in [0.25, 0.3) is 0 Å². The molecule has 4 nitrogen and oxygen atoms in total. The smallest absolute Gasteiger partial charge is 0.157 e. The van der Waals surface area contributed by atoms with Gasteiger partial charge in [0.05, 0.1) is 12.4 Å². The summed E-state index contributed by atoms with van der Waals surface area (Å²) in [6.45, 7) is 5.16. The molecule has 1 N–H and O–H groups in total. The Morgan fingerprint density at radius 3 is 2.71 bits per heavy atom. The number of nitrogens with zero attached hydrogens (tertiary/aromatic N) is 2. The average Bonchev–Trinajstić information content (AvgIpc) is 2.50. The standard InChI is InChI=1S/C10H19N3O/c1-8(2)10(6-11-3)14-9-5-12-13(4)7-9/h5,7-8,10-11H,6H2,1-4H3. The fraction of sp³-hybridized carbons (Fsp3) is 0.700.